The monoisotopic (exact) mass is 536 g/mol. The fourth-order valence-corrected chi connectivity index (χ4v) is 5.94. The van der Waals surface area contributed by atoms with Gasteiger partial charge in [0.05, 0.1) is 4.48 Å². The summed E-state index contributed by atoms with van der Waals surface area (Å²) >= 11 is 3.29. The van der Waals surface area contributed by atoms with Crippen molar-refractivity contribution in [2.45, 2.75) is 37.1 Å². The molecule has 0 radical (unpaired) electrons. The van der Waals surface area contributed by atoms with Crippen LogP contribution in [0.4, 0.5) is 0 Å². The van der Waals surface area contributed by atoms with Gasteiger partial charge in [-0.2, -0.15) is 0 Å². The Morgan fingerprint density at radius 3 is 2.00 bits per heavy atom. The molecule has 2 unspecified atom stereocenters. The van der Waals surface area contributed by atoms with Gasteiger partial charge in [0.1, 0.15) is 11.7 Å². The molecule has 4 N–H and O–H groups in total. The highest BCUT2D eigenvalue weighted by molar-refractivity contribution is 9.12. The first-order valence-electron chi connectivity index (χ1n) is 11.3. The largest absolute Gasteiger partial charge is 0.480 e. The molecule has 0 saturated heterocycles. The zero-order chi connectivity index (χ0) is 25.0. The van der Waals surface area contributed by atoms with Gasteiger partial charge in [-0.3, -0.25) is 24.0 Å². The molecule has 0 aromatic heterocycles. The van der Waals surface area contributed by atoms with Crippen LogP contribution >= 0.6 is 15.9 Å². The van der Waals surface area contributed by atoms with E-state index in [9.17, 15) is 24.0 Å². The van der Waals surface area contributed by atoms with Gasteiger partial charge in [0.15, 0.2) is 17.3 Å². The number of carbonyl (C=O) groups excluding carboxylic acids is 4. The molecule has 5 aliphatic carbocycles. The third kappa shape index (κ3) is 3.49. The average molecular weight is 537 g/mol. The van der Waals surface area contributed by atoms with Crippen molar-refractivity contribution in [3.63, 3.8) is 0 Å². The second-order valence-electron chi connectivity index (χ2n) is 8.93. The quantitative estimate of drug-likeness (QED) is 0.355. The summed E-state index contributed by atoms with van der Waals surface area (Å²) in [7, 11) is 0. The molecule has 6 rings (SSSR count). The minimum atomic E-state index is -1.07. The van der Waals surface area contributed by atoms with Crippen LogP contribution < -0.4 is 11.1 Å². The fraction of sp³-hybridized carbons (Fsp3) is 0.269. The van der Waals surface area contributed by atoms with Gasteiger partial charge in [-0.05, 0) is 58.5 Å². The van der Waals surface area contributed by atoms with Crippen LogP contribution in [0, 0.1) is 0 Å². The van der Waals surface area contributed by atoms with E-state index in [0.29, 0.717) is 25.8 Å². The lowest BCUT2D eigenvalue weighted by Crippen LogP contribution is -2.43. The Labute approximate surface area is 208 Å². The Morgan fingerprint density at radius 2 is 1.46 bits per heavy atom. The van der Waals surface area contributed by atoms with Crippen LogP contribution in [0.2, 0.25) is 0 Å². The van der Waals surface area contributed by atoms with E-state index in [0.717, 1.165) is 11.1 Å². The molecule has 0 heterocycles. The fourth-order valence-electron chi connectivity index (χ4n) is 5.41. The van der Waals surface area contributed by atoms with Crippen LogP contribution in [-0.4, -0.2) is 46.8 Å². The molecule has 3 atom stereocenters. The van der Waals surface area contributed by atoms with E-state index in [1.165, 1.54) is 12.2 Å². The average Bonchev–Trinajstić information content (AvgIpc) is 2.85. The van der Waals surface area contributed by atoms with Crippen molar-refractivity contribution < 1.29 is 29.1 Å². The summed E-state index contributed by atoms with van der Waals surface area (Å²) in [4.78, 5) is 64.0. The maximum absolute atomic E-state index is 13.7. The molecule has 0 fully saturated rings. The number of hydrogen-bond donors (Lipinski definition) is 3. The molecule has 35 heavy (non-hydrogen) atoms. The second-order valence-corrected chi connectivity index (χ2v) is 9.72. The SMILES string of the molecule is N[C@@H](CCCCNC1=C(Br)C(=O)C2=C(C1=O)C1C3=C(C(=O)C=CC3=O)C2c2ccccc21)C(=O)O. The Hall–Kier alpha value is -3.43. The van der Waals surface area contributed by atoms with Gasteiger partial charge in [0.25, 0.3) is 0 Å². The number of aliphatic carboxylic acids is 1. The lowest BCUT2D eigenvalue weighted by Gasteiger charge is -2.44. The lowest BCUT2D eigenvalue weighted by atomic mass is 9.56. The number of carbonyl (C=O) groups is 5. The number of nitrogens with two attached hydrogens (primary N) is 1. The molecule has 0 saturated carbocycles. The number of allylic oxidation sites excluding steroid dienone is 7. The summed E-state index contributed by atoms with van der Waals surface area (Å²) in [5.41, 5.74) is 8.20. The minimum Gasteiger partial charge on any atom is -0.480 e. The Balaban J connectivity index is 1.47. The van der Waals surface area contributed by atoms with Gasteiger partial charge < -0.3 is 16.2 Å². The maximum atomic E-state index is 13.7. The molecule has 0 spiro atoms. The first-order chi connectivity index (χ1) is 16.7. The molecule has 1 aromatic rings. The molecule has 5 aliphatic rings. The topological polar surface area (TPSA) is 144 Å². The van der Waals surface area contributed by atoms with Gasteiger partial charge in [0.2, 0.25) is 5.78 Å². The molecular formula is C26H21BrN2O6. The maximum Gasteiger partial charge on any atom is 0.320 e. The summed E-state index contributed by atoms with van der Waals surface area (Å²) in [6.45, 7) is 0.331. The number of unbranched alkanes of at least 4 members (excludes halogenated alkanes) is 1. The molecule has 8 nitrogen and oxygen atoms in total. The minimum absolute atomic E-state index is 0.0841. The molecule has 1 aromatic carbocycles. The van der Waals surface area contributed by atoms with E-state index >= 15 is 0 Å². The highest BCUT2D eigenvalue weighted by Gasteiger charge is 2.54. The van der Waals surface area contributed by atoms with Crippen molar-refractivity contribution in [2.24, 2.45) is 5.73 Å². The van der Waals surface area contributed by atoms with Crippen LogP contribution in [0.15, 0.2) is 68.9 Å². The second kappa shape index (κ2) is 8.66. The third-order valence-corrected chi connectivity index (χ3v) is 7.72. The molecule has 9 heteroatoms. The van der Waals surface area contributed by atoms with Crippen molar-refractivity contribution in [1.82, 2.24) is 5.32 Å². The van der Waals surface area contributed by atoms with Gasteiger partial charge in [-0.25, -0.2) is 0 Å². The van der Waals surface area contributed by atoms with Gasteiger partial charge in [-0.15, -0.1) is 0 Å². The van der Waals surface area contributed by atoms with Gasteiger partial charge in [-0.1, -0.05) is 24.3 Å². The number of carboxylic acid groups (broad SMARTS) is 1. The summed E-state index contributed by atoms with van der Waals surface area (Å²) in [5, 5.41) is 11.9. The van der Waals surface area contributed by atoms with Crippen molar-refractivity contribution in [1.29, 1.82) is 0 Å². The number of rotatable bonds is 7. The standard InChI is InChI=1S/C26H21BrN2O6/c27-22-23(29-10-4-3-7-13(28)26(34)35)25(33)21-17-12-6-2-1-5-11(12)16(20(21)24(22)32)18-14(30)8-9-15(31)19(17)18/h1-2,5-6,8-9,13,16-17,29H,3-4,7,10,28H2,(H,34,35)/t13-,16?,17?/m0/s1. The Bertz CT molecular complexity index is 1370. The van der Waals surface area contributed by atoms with E-state index in [1.54, 1.807) is 0 Å². The van der Waals surface area contributed by atoms with Crippen LogP contribution in [0.3, 0.4) is 0 Å². The van der Waals surface area contributed by atoms with Gasteiger partial charge in [0, 0.05) is 40.7 Å². The number of nitrogens with one attached hydrogen (secondary N) is 1. The molecule has 178 valence electrons. The number of benzene rings is 1. The van der Waals surface area contributed by atoms with Crippen LogP contribution in [0.1, 0.15) is 42.2 Å². The zero-order valence-corrected chi connectivity index (χ0v) is 20.1. The number of halogens is 1. The van der Waals surface area contributed by atoms with Crippen LogP contribution in [0.25, 0.3) is 0 Å². The van der Waals surface area contributed by atoms with Crippen LogP contribution in [0.5, 0.6) is 0 Å². The highest BCUT2D eigenvalue weighted by Crippen LogP contribution is 2.58. The summed E-state index contributed by atoms with van der Waals surface area (Å²) in [5.74, 6) is -4.05. The summed E-state index contributed by atoms with van der Waals surface area (Å²) in [6, 6.07) is 6.35. The molecule has 0 aliphatic heterocycles. The summed E-state index contributed by atoms with van der Waals surface area (Å²) < 4.78 is 0.0841. The van der Waals surface area contributed by atoms with E-state index in [4.69, 9.17) is 10.8 Å². The van der Waals surface area contributed by atoms with Crippen molar-refractivity contribution in [3.05, 3.63) is 80.0 Å². The Kier molecular flexibility index (Phi) is 5.77. The van der Waals surface area contributed by atoms with Crippen LogP contribution in [-0.2, 0) is 24.0 Å². The number of ketones is 4. The van der Waals surface area contributed by atoms with E-state index < -0.39 is 23.8 Å². The predicted molar refractivity (Wildman–Crippen MR) is 129 cm³/mol. The highest BCUT2D eigenvalue weighted by atomic mass is 79.9. The number of carboxylic acids is 1. The third-order valence-electron chi connectivity index (χ3n) is 6.97. The van der Waals surface area contributed by atoms with E-state index in [2.05, 4.69) is 21.2 Å². The van der Waals surface area contributed by atoms with Crippen molar-refractivity contribution >= 4 is 45.0 Å². The van der Waals surface area contributed by atoms with Gasteiger partial charge >= 0.3 is 5.97 Å². The first kappa shape index (κ1) is 23.3. The lowest BCUT2D eigenvalue weighted by molar-refractivity contribution is -0.138. The van der Waals surface area contributed by atoms with E-state index in [1.807, 2.05) is 24.3 Å². The zero-order valence-electron chi connectivity index (χ0n) is 18.5. The first-order valence-corrected chi connectivity index (χ1v) is 12.1. The van der Waals surface area contributed by atoms with Crippen molar-refractivity contribution in [2.75, 3.05) is 6.54 Å². The Morgan fingerprint density at radius 1 is 0.914 bits per heavy atom. The predicted octanol–water partition coefficient (Wildman–Crippen LogP) is 2.11. The number of Topliss-reactive ketones (excluding diaryl/α,β-unsaturated/α-hetero) is 2. The molecular weight excluding hydrogens is 516 g/mol. The normalized spacial score (nSPS) is 23.5. The summed E-state index contributed by atoms with van der Waals surface area (Å²) in [6.07, 6.45) is 3.82. The van der Waals surface area contributed by atoms with Crippen molar-refractivity contribution in [3.8, 4) is 0 Å². The smallest absolute Gasteiger partial charge is 0.320 e. The molecule has 0 amide bonds. The van der Waals surface area contributed by atoms with E-state index in [-0.39, 0.29) is 55.6 Å². The molecule has 2 bridgehead atoms. The number of hydrogen-bond acceptors (Lipinski definition) is 7.